The number of anilines is 1. The molecule has 0 aliphatic heterocycles. The second kappa shape index (κ2) is 8.45. The number of carbonyl (C=O) groups excluding carboxylic acids is 1. The second-order valence-electron chi connectivity index (χ2n) is 5.06. The van der Waals surface area contributed by atoms with E-state index in [9.17, 15) is 14.1 Å². The molecule has 5 nitrogen and oxygen atoms in total. The minimum atomic E-state index is -1.10. The Hall–Kier alpha value is -2.18. The van der Waals surface area contributed by atoms with Gasteiger partial charge < -0.3 is 15.7 Å². The molecule has 2 aromatic carbocycles. The normalized spacial score (nSPS) is 13.1. The maximum Gasteiger partial charge on any atom is 0.319 e. The molecule has 0 fully saturated rings. The van der Waals surface area contributed by atoms with Crippen molar-refractivity contribution < 1.29 is 14.1 Å². The van der Waals surface area contributed by atoms with Gasteiger partial charge in [-0.05, 0) is 30.2 Å². The molecule has 23 heavy (non-hydrogen) atoms. The molecule has 0 heterocycles. The van der Waals surface area contributed by atoms with Crippen LogP contribution in [0.25, 0.3) is 0 Å². The topological polar surface area (TPSA) is 78.4 Å². The molecule has 1 unspecified atom stereocenters. The number of hydrogen-bond donors (Lipinski definition) is 3. The fourth-order valence-electron chi connectivity index (χ4n) is 2.21. The van der Waals surface area contributed by atoms with Gasteiger partial charge in [-0.25, -0.2) is 4.79 Å². The zero-order chi connectivity index (χ0) is 16.7. The summed E-state index contributed by atoms with van der Waals surface area (Å²) in [4.78, 5) is 12.8. The predicted molar refractivity (Wildman–Crippen MR) is 91.8 cm³/mol. The molecular weight excluding hydrogens is 312 g/mol. The molecule has 0 saturated carbocycles. The standard InChI is InChI=1S/C17H20N2O3S/c1-23(22)15-9-5-8-14(12-15)18-17(21)19-16(10-11-20)13-6-3-2-4-7-13/h2-9,12,16,20H,10-11H2,1H3,(H2,18,19,21)/t16-,23?/m1/s1. The molecule has 2 atom stereocenters. The number of aliphatic hydroxyl groups excluding tert-OH is 1. The van der Waals surface area contributed by atoms with Crippen LogP contribution in [0.1, 0.15) is 18.0 Å². The van der Waals surface area contributed by atoms with Gasteiger partial charge in [0.25, 0.3) is 0 Å². The summed E-state index contributed by atoms with van der Waals surface area (Å²) < 4.78 is 11.5. The summed E-state index contributed by atoms with van der Waals surface area (Å²) in [6.45, 7) is -0.0237. The summed E-state index contributed by atoms with van der Waals surface area (Å²) >= 11 is 0. The first-order chi connectivity index (χ1) is 11.1. The highest BCUT2D eigenvalue weighted by Gasteiger charge is 2.14. The SMILES string of the molecule is CS(=O)c1cccc(NC(=O)N[C@H](CCO)c2ccccc2)c1. The van der Waals surface area contributed by atoms with E-state index in [0.717, 1.165) is 5.56 Å². The summed E-state index contributed by atoms with van der Waals surface area (Å²) in [6.07, 6.45) is 2.02. The molecule has 3 N–H and O–H groups in total. The summed E-state index contributed by atoms with van der Waals surface area (Å²) in [5.41, 5.74) is 1.51. The van der Waals surface area contributed by atoms with E-state index >= 15 is 0 Å². The Morgan fingerprint density at radius 1 is 1.17 bits per heavy atom. The van der Waals surface area contributed by atoms with Gasteiger partial charge in [-0.15, -0.1) is 0 Å². The number of carbonyl (C=O) groups is 1. The number of urea groups is 1. The summed E-state index contributed by atoms with van der Waals surface area (Å²) in [5, 5.41) is 14.8. The van der Waals surface area contributed by atoms with Crippen LogP contribution in [0.2, 0.25) is 0 Å². The molecule has 122 valence electrons. The van der Waals surface area contributed by atoms with Crippen LogP contribution in [0.4, 0.5) is 10.5 Å². The van der Waals surface area contributed by atoms with Gasteiger partial charge in [0.05, 0.1) is 6.04 Å². The van der Waals surface area contributed by atoms with E-state index in [2.05, 4.69) is 10.6 Å². The predicted octanol–water partition coefficient (Wildman–Crippen LogP) is 2.67. The fraction of sp³-hybridized carbons (Fsp3) is 0.235. The van der Waals surface area contributed by atoms with Gasteiger partial charge in [0.1, 0.15) is 0 Å². The molecule has 2 aromatic rings. The van der Waals surface area contributed by atoms with Crippen LogP contribution in [0.15, 0.2) is 59.5 Å². The fourth-order valence-corrected chi connectivity index (χ4v) is 2.78. The van der Waals surface area contributed by atoms with Gasteiger partial charge >= 0.3 is 6.03 Å². The van der Waals surface area contributed by atoms with Gasteiger partial charge in [0, 0.05) is 34.2 Å². The molecular formula is C17H20N2O3S. The van der Waals surface area contributed by atoms with E-state index in [4.69, 9.17) is 0 Å². The third-order valence-corrected chi connectivity index (χ3v) is 4.27. The highest BCUT2D eigenvalue weighted by atomic mass is 32.2. The lowest BCUT2D eigenvalue weighted by Crippen LogP contribution is -2.33. The Labute approximate surface area is 138 Å². The number of hydrogen-bond acceptors (Lipinski definition) is 3. The Kier molecular flexibility index (Phi) is 6.31. The number of benzene rings is 2. The number of rotatable bonds is 6. The van der Waals surface area contributed by atoms with E-state index in [1.54, 1.807) is 30.5 Å². The lowest BCUT2D eigenvalue weighted by Gasteiger charge is -2.18. The molecule has 6 heteroatoms. The number of amides is 2. The molecule has 0 aliphatic rings. The van der Waals surface area contributed by atoms with Gasteiger partial charge in [0.15, 0.2) is 0 Å². The minimum Gasteiger partial charge on any atom is -0.396 e. The van der Waals surface area contributed by atoms with E-state index in [0.29, 0.717) is 17.0 Å². The maximum absolute atomic E-state index is 12.2. The van der Waals surface area contributed by atoms with E-state index < -0.39 is 10.8 Å². The lowest BCUT2D eigenvalue weighted by atomic mass is 10.0. The number of aliphatic hydroxyl groups is 1. The lowest BCUT2D eigenvalue weighted by molar-refractivity contribution is 0.239. The summed E-state index contributed by atoms with van der Waals surface area (Å²) in [7, 11) is -1.10. The Morgan fingerprint density at radius 3 is 2.57 bits per heavy atom. The first-order valence-corrected chi connectivity index (χ1v) is 8.83. The second-order valence-corrected chi connectivity index (χ2v) is 6.44. The zero-order valence-electron chi connectivity index (χ0n) is 12.9. The Morgan fingerprint density at radius 2 is 1.91 bits per heavy atom. The minimum absolute atomic E-state index is 0.0237. The first kappa shape index (κ1) is 17.2. The van der Waals surface area contributed by atoms with Gasteiger partial charge in [-0.3, -0.25) is 4.21 Å². The van der Waals surface area contributed by atoms with Crippen LogP contribution < -0.4 is 10.6 Å². The van der Waals surface area contributed by atoms with Crippen LogP contribution in [0.5, 0.6) is 0 Å². The van der Waals surface area contributed by atoms with Crippen molar-refractivity contribution in [2.75, 3.05) is 18.2 Å². The van der Waals surface area contributed by atoms with Crippen molar-refractivity contribution in [3.63, 3.8) is 0 Å². The third-order valence-electron chi connectivity index (χ3n) is 3.35. The van der Waals surface area contributed by atoms with Crippen molar-refractivity contribution in [3.05, 3.63) is 60.2 Å². The monoisotopic (exact) mass is 332 g/mol. The summed E-state index contributed by atoms with van der Waals surface area (Å²) in [5.74, 6) is 0. The smallest absolute Gasteiger partial charge is 0.319 e. The van der Waals surface area contributed by atoms with Crippen LogP contribution in [0.3, 0.4) is 0 Å². The van der Waals surface area contributed by atoms with Crippen molar-refractivity contribution in [2.24, 2.45) is 0 Å². The van der Waals surface area contributed by atoms with Crippen LogP contribution in [-0.4, -0.2) is 28.2 Å². The molecule has 0 spiro atoms. The van der Waals surface area contributed by atoms with E-state index in [1.807, 2.05) is 30.3 Å². The highest BCUT2D eigenvalue weighted by molar-refractivity contribution is 7.84. The molecule has 0 saturated heterocycles. The highest BCUT2D eigenvalue weighted by Crippen LogP contribution is 2.17. The van der Waals surface area contributed by atoms with Crippen LogP contribution in [0, 0.1) is 0 Å². The quantitative estimate of drug-likeness (QED) is 0.761. The van der Waals surface area contributed by atoms with Crippen molar-refractivity contribution in [1.82, 2.24) is 5.32 Å². The maximum atomic E-state index is 12.2. The van der Waals surface area contributed by atoms with Crippen molar-refractivity contribution in [1.29, 1.82) is 0 Å². The Balaban J connectivity index is 2.05. The first-order valence-electron chi connectivity index (χ1n) is 7.27. The van der Waals surface area contributed by atoms with Crippen LogP contribution in [-0.2, 0) is 10.8 Å². The number of nitrogens with one attached hydrogen (secondary N) is 2. The molecule has 0 bridgehead atoms. The molecule has 2 rings (SSSR count). The largest absolute Gasteiger partial charge is 0.396 e. The molecule has 0 radical (unpaired) electrons. The zero-order valence-corrected chi connectivity index (χ0v) is 13.7. The van der Waals surface area contributed by atoms with E-state index in [1.165, 1.54) is 0 Å². The van der Waals surface area contributed by atoms with Crippen molar-refractivity contribution in [3.8, 4) is 0 Å². The third kappa shape index (κ3) is 5.19. The Bertz CT molecular complexity index is 677. The van der Waals surface area contributed by atoms with Gasteiger partial charge in [-0.2, -0.15) is 0 Å². The van der Waals surface area contributed by atoms with Crippen molar-refractivity contribution >= 4 is 22.5 Å². The average Bonchev–Trinajstić information content (AvgIpc) is 2.55. The van der Waals surface area contributed by atoms with E-state index in [-0.39, 0.29) is 18.7 Å². The van der Waals surface area contributed by atoms with Gasteiger partial charge in [-0.1, -0.05) is 36.4 Å². The summed E-state index contributed by atoms with van der Waals surface area (Å²) in [6, 6.07) is 15.7. The molecule has 0 aromatic heterocycles. The average molecular weight is 332 g/mol. The van der Waals surface area contributed by atoms with Crippen molar-refractivity contribution in [2.45, 2.75) is 17.4 Å². The molecule has 2 amide bonds. The van der Waals surface area contributed by atoms with Gasteiger partial charge in [0.2, 0.25) is 0 Å². The van der Waals surface area contributed by atoms with Crippen LogP contribution >= 0.6 is 0 Å². The molecule has 0 aliphatic carbocycles.